The van der Waals surface area contributed by atoms with E-state index in [0.717, 1.165) is 28.5 Å². The molecule has 4 fully saturated rings. The summed E-state index contributed by atoms with van der Waals surface area (Å²) in [7, 11) is 0. The van der Waals surface area contributed by atoms with E-state index in [-0.39, 0.29) is 5.91 Å². The third-order valence-corrected chi connectivity index (χ3v) is 7.29. The van der Waals surface area contributed by atoms with Crippen LogP contribution >= 0.6 is 11.3 Å². The van der Waals surface area contributed by atoms with Crippen molar-refractivity contribution in [2.75, 3.05) is 0 Å². The van der Waals surface area contributed by atoms with Crippen molar-refractivity contribution in [3.8, 4) is 0 Å². The lowest BCUT2D eigenvalue weighted by atomic mass is 9.54. The zero-order valence-corrected chi connectivity index (χ0v) is 13.4. The van der Waals surface area contributed by atoms with E-state index in [1.807, 2.05) is 18.2 Å². The largest absolute Gasteiger partial charge is 0.348 e. The molecule has 114 valence electrons. The minimum Gasteiger partial charge on any atom is -0.348 e. The summed E-state index contributed by atoms with van der Waals surface area (Å²) in [5.41, 5.74) is 0. The Labute approximate surface area is 134 Å². The van der Waals surface area contributed by atoms with Gasteiger partial charge in [-0.1, -0.05) is 18.2 Å². The molecule has 0 spiro atoms. The van der Waals surface area contributed by atoms with Crippen LogP contribution in [0.5, 0.6) is 0 Å². The highest BCUT2D eigenvalue weighted by atomic mass is 32.1. The van der Waals surface area contributed by atoms with Gasteiger partial charge in [0.1, 0.15) is 0 Å². The number of carbonyl (C=O) groups is 1. The molecule has 0 radical (unpaired) electrons. The molecule has 0 saturated heterocycles. The summed E-state index contributed by atoms with van der Waals surface area (Å²) >= 11 is 1.62. The summed E-state index contributed by atoms with van der Waals surface area (Å²) in [5, 5.41) is 4.59. The first kappa shape index (κ1) is 13.1. The van der Waals surface area contributed by atoms with E-state index in [1.165, 1.54) is 42.2 Å². The summed E-state index contributed by atoms with van der Waals surface area (Å²) in [5.74, 6) is 3.56. The molecule has 2 nitrogen and oxygen atoms in total. The summed E-state index contributed by atoms with van der Waals surface area (Å²) in [6.07, 6.45) is 6.87. The standard InChI is InChI=1S/C19H21NOS/c21-19(17-10-13-3-1-2-4-16(13)22-17)20-18-14-6-11-5-12(8-14)9-15(18)7-11/h1-4,10-12,14-15,18H,5-9H2,(H,20,21). The molecule has 1 aromatic carbocycles. The zero-order valence-electron chi connectivity index (χ0n) is 12.6. The van der Waals surface area contributed by atoms with Gasteiger partial charge in [-0.05, 0) is 73.3 Å². The molecular formula is C19H21NOS. The van der Waals surface area contributed by atoms with Gasteiger partial charge in [-0.2, -0.15) is 0 Å². The maximum atomic E-state index is 12.7. The second-order valence-corrected chi connectivity index (χ2v) is 8.66. The van der Waals surface area contributed by atoms with Crippen LogP contribution in [0.1, 0.15) is 41.8 Å². The number of rotatable bonds is 2. The minimum atomic E-state index is 0.152. The molecule has 4 bridgehead atoms. The molecule has 1 amide bonds. The third-order valence-electron chi connectivity index (χ3n) is 6.17. The van der Waals surface area contributed by atoms with Crippen LogP contribution in [-0.4, -0.2) is 11.9 Å². The molecule has 0 atom stereocenters. The molecule has 3 heteroatoms. The maximum Gasteiger partial charge on any atom is 0.261 e. The van der Waals surface area contributed by atoms with Crippen LogP contribution in [0.25, 0.3) is 10.1 Å². The number of amides is 1. The minimum absolute atomic E-state index is 0.152. The SMILES string of the molecule is O=C(NC1C2CC3CC(C2)CC1C3)c1cc2ccccc2s1. The van der Waals surface area contributed by atoms with Crippen LogP contribution in [0.4, 0.5) is 0 Å². The molecule has 2 aromatic rings. The first-order valence-electron chi connectivity index (χ1n) is 8.55. The molecule has 6 rings (SSSR count). The van der Waals surface area contributed by atoms with Gasteiger partial charge in [-0.15, -0.1) is 11.3 Å². The van der Waals surface area contributed by atoms with E-state index in [4.69, 9.17) is 0 Å². The maximum absolute atomic E-state index is 12.7. The van der Waals surface area contributed by atoms with Gasteiger partial charge in [0.2, 0.25) is 0 Å². The fourth-order valence-electron chi connectivity index (χ4n) is 5.48. The van der Waals surface area contributed by atoms with Crippen LogP contribution in [0.3, 0.4) is 0 Å². The van der Waals surface area contributed by atoms with Gasteiger partial charge in [0, 0.05) is 10.7 Å². The molecular weight excluding hydrogens is 290 g/mol. The van der Waals surface area contributed by atoms with Crippen molar-refractivity contribution in [1.29, 1.82) is 0 Å². The zero-order chi connectivity index (χ0) is 14.7. The predicted molar refractivity (Wildman–Crippen MR) is 90.1 cm³/mol. The van der Waals surface area contributed by atoms with E-state index in [0.29, 0.717) is 6.04 Å². The highest BCUT2D eigenvalue weighted by Gasteiger charge is 2.48. The molecule has 0 aliphatic heterocycles. The van der Waals surface area contributed by atoms with E-state index in [9.17, 15) is 4.79 Å². The Bertz CT molecular complexity index is 673. The number of thiophene rings is 1. The quantitative estimate of drug-likeness (QED) is 0.872. The Hall–Kier alpha value is -1.35. The number of carbonyl (C=O) groups excluding carboxylic acids is 1. The summed E-state index contributed by atoms with van der Waals surface area (Å²) in [4.78, 5) is 13.6. The molecule has 22 heavy (non-hydrogen) atoms. The molecule has 1 aromatic heterocycles. The summed E-state index contributed by atoms with van der Waals surface area (Å²) in [6, 6.07) is 10.7. The average Bonchev–Trinajstić information content (AvgIpc) is 2.94. The van der Waals surface area contributed by atoms with Crippen molar-refractivity contribution < 1.29 is 4.79 Å². The number of hydrogen-bond donors (Lipinski definition) is 1. The van der Waals surface area contributed by atoms with Gasteiger partial charge in [0.25, 0.3) is 5.91 Å². The average molecular weight is 311 g/mol. The van der Waals surface area contributed by atoms with Crippen molar-refractivity contribution in [3.63, 3.8) is 0 Å². The van der Waals surface area contributed by atoms with E-state index in [1.54, 1.807) is 11.3 Å². The van der Waals surface area contributed by atoms with Crippen LogP contribution in [0.2, 0.25) is 0 Å². The van der Waals surface area contributed by atoms with Crippen LogP contribution in [-0.2, 0) is 0 Å². The van der Waals surface area contributed by atoms with Crippen molar-refractivity contribution >= 4 is 27.3 Å². The normalized spacial score (nSPS) is 35.9. The van der Waals surface area contributed by atoms with E-state index in [2.05, 4.69) is 17.4 Å². The Morgan fingerprint density at radius 1 is 1.00 bits per heavy atom. The van der Waals surface area contributed by atoms with E-state index >= 15 is 0 Å². The fraction of sp³-hybridized carbons (Fsp3) is 0.526. The van der Waals surface area contributed by atoms with Crippen molar-refractivity contribution in [1.82, 2.24) is 5.32 Å². The van der Waals surface area contributed by atoms with Crippen LogP contribution in [0.15, 0.2) is 30.3 Å². The second-order valence-electron chi connectivity index (χ2n) is 7.58. The van der Waals surface area contributed by atoms with E-state index < -0.39 is 0 Å². The Morgan fingerprint density at radius 2 is 1.68 bits per heavy atom. The lowest BCUT2D eigenvalue weighted by Crippen LogP contribution is -2.55. The van der Waals surface area contributed by atoms with Crippen molar-refractivity contribution in [2.24, 2.45) is 23.7 Å². The van der Waals surface area contributed by atoms with Gasteiger partial charge in [0.15, 0.2) is 0 Å². The van der Waals surface area contributed by atoms with Gasteiger partial charge in [-0.3, -0.25) is 4.79 Å². The number of fused-ring (bicyclic) bond motifs is 1. The molecule has 1 N–H and O–H groups in total. The van der Waals surface area contributed by atoms with Crippen LogP contribution in [0, 0.1) is 23.7 Å². The first-order valence-corrected chi connectivity index (χ1v) is 9.37. The lowest BCUT2D eigenvalue weighted by Gasteiger charge is -2.54. The Morgan fingerprint density at radius 3 is 2.36 bits per heavy atom. The van der Waals surface area contributed by atoms with Gasteiger partial charge in [0.05, 0.1) is 4.88 Å². The number of benzene rings is 1. The summed E-state index contributed by atoms with van der Waals surface area (Å²) < 4.78 is 1.21. The molecule has 0 unspecified atom stereocenters. The van der Waals surface area contributed by atoms with Gasteiger partial charge in [-0.25, -0.2) is 0 Å². The van der Waals surface area contributed by atoms with Crippen molar-refractivity contribution in [2.45, 2.75) is 38.1 Å². The first-order chi connectivity index (χ1) is 10.8. The molecule has 1 heterocycles. The van der Waals surface area contributed by atoms with Gasteiger partial charge < -0.3 is 5.32 Å². The Balaban J connectivity index is 1.38. The molecule has 4 aliphatic rings. The lowest BCUT2D eigenvalue weighted by molar-refractivity contribution is -0.0119. The topological polar surface area (TPSA) is 29.1 Å². The van der Waals surface area contributed by atoms with Gasteiger partial charge >= 0.3 is 0 Å². The number of hydrogen-bond acceptors (Lipinski definition) is 2. The molecule has 4 saturated carbocycles. The Kier molecular flexibility index (Phi) is 2.88. The monoisotopic (exact) mass is 311 g/mol. The van der Waals surface area contributed by atoms with Crippen molar-refractivity contribution in [3.05, 3.63) is 35.2 Å². The second kappa shape index (κ2) is 4.82. The highest BCUT2D eigenvalue weighted by molar-refractivity contribution is 7.20. The number of nitrogens with one attached hydrogen (secondary N) is 1. The highest BCUT2D eigenvalue weighted by Crippen LogP contribution is 2.53. The smallest absolute Gasteiger partial charge is 0.261 e. The predicted octanol–water partition coefficient (Wildman–Crippen LogP) is 4.46. The molecule has 4 aliphatic carbocycles. The summed E-state index contributed by atoms with van der Waals surface area (Å²) in [6.45, 7) is 0. The third kappa shape index (κ3) is 2.02. The van der Waals surface area contributed by atoms with Crippen LogP contribution < -0.4 is 5.32 Å². The fourth-order valence-corrected chi connectivity index (χ4v) is 6.44.